The highest BCUT2D eigenvalue weighted by Gasteiger charge is 2.21. The highest BCUT2D eigenvalue weighted by Crippen LogP contribution is 2.15. The van der Waals surface area contributed by atoms with Crippen molar-refractivity contribution >= 4 is 0 Å². The predicted octanol–water partition coefficient (Wildman–Crippen LogP) is 1.18. The van der Waals surface area contributed by atoms with Crippen LogP contribution >= 0.6 is 0 Å². The van der Waals surface area contributed by atoms with Gasteiger partial charge in [-0.05, 0) is 32.5 Å². The molecule has 1 rings (SSSR count). The summed E-state index contributed by atoms with van der Waals surface area (Å²) in [6, 6.07) is 0.425. The van der Waals surface area contributed by atoms with Gasteiger partial charge in [0.25, 0.3) is 0 Å². The van der Waals surface area contributed by atoms with E-state index in [0.717, 1.165) is 26.2 Å². The molecule has 15 heavy (non-hydrogen) atoms. The standard InChI is InChI=1S/C12H26N2O/c1-3-13(4-2)9-10-14-8-6-5-7-12(14)11-15/h12,15H,3-11H2,1-2H3/t12-/m1/s1. The highest BCUT2D eigenvalue weighted by atomic mass is 16.3. The van der Waals surface area contributed by atoms with Gasteiger partial charge in [0, 0.05) is 19.1 Å². The van der Waals surface area contributed by atoms with Crippen LogP contribution in [0, 0.1) is 0 Å². The van der Waals surface area contributed by atoms with Crippen molar-refractivity contribution in [2.45, 2.75) is 39.2 Å². The summed E-state index contributed by atoms with van der Waals surface area (Å²) in [6.45, 7) is 10.5. The zero-order valence-electron chi connectivity index (χ0n) is 10.3. The Bertz CT molecular complexity index is 160. The Morgan fingerprint density at radius 1 is 1.27 bits per heavy atom. The Morgan fingerprint density at radius 3 is 2.60 bits per heavy atom. The number of aliphatic hydroxyl groups is 1. The van der Waals surface area contributed by atoms with Crippen LogP contribution < -0.4 is 0 Å². The summed E-state index contributed by atoms with van der Waals surface area (Å²) in [5.74, 6) is 0. The Balaban J connectivity index is 2.28. The third kappa shape index (κ3) is 4.09. The Morgan fingerprint density at radius 2 is 2.00 bits per heavy atom. The molecule has 0 unspecified atom stereocenters. The summed E-state index contributed by atoms with van der Waals surface area (Å²) in [7, 11) is 0. The number of rotatable bonds is 6. The molecule has 0 spiro atoms. The van der Waals surface area contributed by atoms with Gasteiger partial charge in [-0.15, -0.1) is 0 Å². The van der Waals surface area contributed by atoms with Crippen LogP contribution in [0.3, 0.4) is 0 Å². The molecule has 0 saturated carbocycles. The van der Waals surface area contributed by atoms with Crippen molar-refractivity contribution in [2.24, 2.45) is 0 Å². The first-order valence-electron chi connectivity index (χ1n) is 6.39. The summed E-state index contributed by atoms with van der Waals surface area (Å²) in [6.07, 6.45) is 3.76. The Hall–Kier alpha value is -0.120. The van der Waals surface area contributed by atoms with E-state index in [9.17, 15) is 5.11 Å². The molecule has 3 heteroatoms. The largest absolute Gasteiger partial charge is 0.395 e. The minimum atomic E-state index is 0.332. The first-order chi connectivity index (χ1) is 7.31. The molecule has 0 aromatic rings. The summed E-state index contributed by atoms with van der Waals surface area (Å²) in [5, 5.41) is 9.29. The molecule has 3 nitrogen and oxygen atoms in total. The van der Waals surface area contributed by atoms with Gasteiger partial charge in [-0.25, -0.2) is 0 Å². The van der Waals surface area contributed by atoms with Crippen LogP contribution in [0.15, 0.2) is 0 Å². The average molecular weight is 214 g/mol. The van der Waals surface area contributed by atoms with E-state index < -0.39 is 0 Å². The zero-order chi connectivity index (χ0) is 11.1. The monoisotopic (exact) mass is 214 g/mol. The molecule has 0 aromatic heterocycles. The third-order valence-electron chi connectivity index (χ3n) is 3.56. The second-order valence-corrected chi connectivity index (χ2v) is 4.40. The van der Waals surface area contributed by atoms with Crippen molar-refractivity contribution < 1.29 is 5.11 Å². The van der Waals surface area contributed by atoms with Gasteiger partial charge in [0.1, 0.15) is 0 Å². The maximum atomic E-state index is 9.29. The molecule has 1 fully saturated rings. The van der Waals surface area contributed by atoms with E-state index in [-0.39, 0.29) is 0 Å². The molecule has 1 saturated heterocycles. The number of piperidine rings is 1. The van der Waals surface area contributed by atoms with Crippen molar-refractivity contribution in [3.8, 4) is 0 Å². The lowest BCUT2D eigenvalue weighted by Crippen LogP contribution is -2.45. The Labute approximate surface area is 94.1 Å². The van der Waals surface area contributed by atoms with Crippen LogP contribution in [0.5, 0.6) is 0 Å². The van der Waals surface area contributed by atoms with Crippen molar-refractivity contribution in [3.63, 3.8) is 0 Å². The molecule has 1 aliphatic rings. The number of aliphatic hydroxyl groups excluding tert-OH is 1. The van der Waals surface area contributed by atoms with Crippen LogP contribution in [-0.2, 0) is 0 Å². The smallest absolute Gasteiger partial charge is 0.0586 e. The molecular weight excluding hydrogens is 188 g/mol. The number of hydrogen-bond acceptors (Lipinski definition) is 3. The second kappa shape index (κ2) is 7.20. The summed E-state index contributed by atoms with van der Waals surface area (Å²) in [4.78, 5) is 4.91. The third-order valence-corrected chi connectivity index (χ3v) is 3.56. The molecular formula is C12H26N2O. The van der Waals surface area contributed by atoms with Gasteiger partial charge < -0.3 is 10.0 Å². The maximum Gasteiger partial charge on any atom is 0.0586 e. The molecule has 0 aromatic carbocycles. The number of hydrogen-bond donors (Lipinski definition) is 1. The second-order valence-electron chi connectivity index (χ2n) is 4.40. The molecule has 0 radical (unpaired) electrons. The van der Waals surface area contributed by atoms with Gasteiger partial charge in [0.2, 0.25) is 0 Å². The van der Waals surface area contributed by atoms with E-state index in [2.05, 4.69) is 23.6 Å². The molecule has 1 heterocycles. The van der Waals surface area contributed by atoms with E-state index in [1.54, 1.807) is 0 Å². The van der Waals surface area contributed by atoms with Gasteiger partial charge in [-0.2, -0.15) is 0 Å². The van der Waals surface area contributed by atoms with Crippen LogP contribution in [0.1, 0.15) is 33.1 Å². The fourth-order valence-electron chi connectivity index (χ4n) is 2.37. The van der Waals surface area contributed by atoms with Gasteiger partial charge in [0.05, 0.1) is 6.61 Å². The lowest BCUT2D eigenvalue weighted by molar-refractivity contribution is 0.0804. The highest BCUT2D eigenvalue weighted by molar-refractivity contribution is 4.76. The van der Waals surface area contributed by atoms with Gasteiger partial charge in [-0.3, -0.25) is 4.90 Å². The van der Waals surface area contributed by atoms with Gasteiger partial charge in [0.15, 0.2) is 0 Å². The topological polar surface area (TPSA) is 26.7 Å². The van der Waals surface area contributed by atoms with E-state index in [1.807, 2.05) is 0 Å². The van der Waals surface area contributed by atoms with Gasteiger partial charge in [-0.1, -0.05) is 20.3 Å². The van der Waals surface area contributed by atoms with E-state index in [4.69, 9.17) is 0 Å². The van der Waals surface area contributed by atoms with Crippen LogP contribution in [-0.4, -0.2) is 60.3 Å². The average Bonchev–Trinajstić information content (AvgIpc) is 2.31. The first kappa shape index (κ1) is 12.9. The maximum absolute atomic E-state index is 9.29. The lowest BCUT2D eigenvalue weighted by Gasteiger charge is -2.35. The predicted molar refractivity (Wildman–Crippen MR) is 64.1 cm³/mol. The molecule has 1 atom stereocenters. The number of likely N-dealkylation sites (N-methyl/N-ethyl adjacent to an activating group) is 1. The SMILES string of the molecule is CCN(CC)CCN1CCCC[C@@H]1CO. The fourth-order valence-corrected chi connectivity index (χ4v) is 2.37. The van der Waals surface area contributed by atoms with Crippen molar-refractivity contribution in [1.82, 2.24) is 9.80 Å². The lowest BCUT2D eigenvalue weighted by atomic mass is 10.0. The van der Waals surface area contributed by atoms with Crippen molar-refractivity contribution in [3.05, 3.63) is 0 Å². The zero-order valence-corrected chi connectivity index (χ0v) is 10.3. The van der Waals surface area contributed by atoms with E-state index in [0.29, 0.717) is 12.6 Å². The molecule has 1 N–H and O–H groups in total. The minimum absolute atomic E-state index is 0.332. The normalized spacial score (nSPS) is 23.6. The van der Waals surface area contributed by atoms with Crippen LogP contribution in [0.4, 0.5) is 0 Å². The summed E-state index contributed by atoms with van der Waals surface area (Å²) >= 11 is 0. The fraction of sp³-hybridized carbons (Fsp3) is 1.00. The Kier molecular flexibility index (Phi) is 6.22. The quantitative estimate of drug-likeness (QED) is 0.719. The minimum Gasteiger partial charge on any atom is -0.395 e. The van der Waals surface area contributed by atoms with Crippen molar-refractivity contribution in [1.29, 1.82) is 0 Å². The molecule has 0 amide bonds. The van der Waals surface area contributed by atoms with Gasteiger partial charge >= 0.3 is 0 Å². The number of likely N-dealkylation sites (tertiary alicyclic amines) is 1. The van der Waals surface area contributed by atoms with E-state index in [1.165, 1.54) is 25.8 Å². The van der Waals surface area contributed by atoms with E-state index >= 15 is 0 Å². The first-order valence-corrected chi connectivity index (χ1v) is 6.39. The molecule has 90 valence electrons. The summed E-state index contributed by atoms with van der Waals surface area (Å²) in [5.41, 5.74) is 0. The van der Waals surface area contributed by atoms with Crippen LogP contribution in [0.25, 0.3) is 0 Å². The van der Waals surface area contributed by atoms with Crippen molar-refractivity contribution in [2.75, 3.05) is 39.3 Å². The molecule has 0 bridgehead atoms. The molecule has 1 aliphatic heterocycles. The number of nitrogens with zero attached hydrogens (tertiary/aromatic N) is 2. The van der Waals surface area contributed by atoms with Crippen LogP contribution in [0.2, 0.25) is 0 Å². The summed E-state index contributed by atoms with van der Waals surface area (Å²) < 4.78 is 0. The molecule has 0 aliphatic carbocycles.